The molecule has 0 saturated carbocycles. The molecule has 6 nitrogen and oxygen atoms in total. The van der Waals surface area contributed by atoms with Gasteiger partial charge in [-0.3, -0.25) is 4.79 Å². The quantitative estimate of drug-likeness (QED) is 0.839. The van der Waals surface area contributed by atoms with Gasteiger partial charge in [-0.2, -0.15) is 0 Å². The maximum Gasteiger partial charge on any atom is 0.410 e. The van der Waals surface area contributed by atoms with Gasteiger partial charge < -0.3 is 14.5 Å². The number of pyridine rings is 1. The lowest BCUT2D eigenvalue weighted by atomic mass is 10.2. The van der Waals surface area contributed by atoms with Gasteiger partial charge in [-0.25, -0.2) is 9.78 Å². The summed E-state index contributed by atoms with van der Waals surface area (Å²) in [5.74, 6) is -0.0795. The van der Waals surface area contributed by atoms with Crippen molar-refractivity contribution >= 4 is 12.0 Å². The number of carbonyl (C=O) groups is 2. The fraction of sp³-hybridized carbons (Fsp3) is 0.588. The van der Waals surface area contributed by atoms with Gasteiger partial charge in [0.25, 0.3) is 5.91 Å². The minimum Gasteiger partial charge on any atom is -0.444 e. The minimum absolute atomic E-state index is 0.0795. The highest BCUT2D eigenvalue weighted by atomic mass is 16.6. The van der Waals surface area contributed by atoms with E-state index in [1.54, 1.807) is 15.9 Å². The molecule has 2 amide bonds. The third-order valence-electron chi connectivity index (χ3n) is 3.61. The van der Waals surface area contributed by atoms with Crippen LogP contribution < -0.4 is 0 Å². The van der Waals surface area contributed by atoms with Gasteiger partial charge in [-0.15, -0.1) is 0 Å². The Kier molecular flexibility index (Phi) is 5.23. The molecule has 0 spiro atoms. The molecule has 0 radical (unpaired) electrons. The monoisotopic (exact) mass is 319 g/mol. The molecule has 0 bridgehead atoms. The van der Waals surface area contributed by atoms with E-state index in [4.69, 9.17) is 4.74 Å². The largest absolute Gasteiger partial charge is 0.444 e. The summed E-state index contributed by atoms with van der Waals surface area (Å²) in [6.07, 6.45) is 0.476. The maximum atomic E-state index is 12.5. The Morgan fingerprint density at radius 3 is 2.30 bits per heavy atom. The van der Waals surface area contributed by atoms with Crippen LogP contribution in [-0.4, -0.2) is 58.6 Å². The fourth-order valence-electron chi connectivity index (χ4n) is 2.38. The first-order valence-electron chi connectivity index (χ1n) is 8.03. The van der Waals surface area contributed by atoms with Crippen LogP contribution in [0.2, 0.25) is 0 Å². The molecule has 2 heterocycles. The number of hydrogen-bond donors (Lipinski definition) is 0. The number of nitrogens with zero attached hydrogens (tertiary/aromatic N) is 3. The normalized spacial score (nSPS) is 15.5. The third-order valence-corrected chi connectivity index (χ3v) is 3.61. The van der Waals surface area contributed by atoms with Gasteiger partial charge in [0.05, 0.1) is 0 Å². The molecule has 126 valence electrons. The second-order valence-corrected chi connectivity index (χ2v) is 6.63. The van der Waals surface area contributed by atoms with Crippen LogP contribution in [0.3, 0.4) is 0 Å². The molecule has 0 atom stereocenters. The molecule has 6 heteroatoms. The van der Waals surface area contributed by atoms with E-state index in [9.17, 15) is 9.59 Å². The zero-order valence-electron chi connectivity index (χ0n) is 14.3. The van der Waals surface area contributed by atoms with Crippen LogP contribution in [-0.2, 0) is 11.2 Å². The Balaban J connectivity index is 1.93. The molecule has 2 rings (SSSR count). The lowest BCUT2D eigenvalue weighted by Gasteiger charge is -2.35. The molecule has 1 aliphatic heterocycles. The predicted molar refractivity (Wildman–Crippen MR) is 87.3 cm³/mol. The molecule has 1 aromatic heterocycles. The summed E-state index contributed by atoms with van der Waals surface area (Å²) in [5.41, 5.74) is 0.868. The number of ether oxygens (including phenoxy) is 1. The summed E-state index contributed by atoms with van der Waals surface area (Å²) in [6, 6.07) is 5.51. The van der Waals surface area contributed by atoms with Crippen LogP contribution in [0.4, 0.5) is 4.79 Å². The highest BCUT2D eigenvalue weighted by Gasteiger charge is 2.28. The molecule has 1 fully saturated rings. The lowest BCUT2D eigenvalue weighted by Crippen LogP contribution is -2.51. The average molecular weight is 319 g/mol. The highest BCUT2D eigenvalue weighted by molar-refractivity contribution is 5.92. The van der Waals surface area contributed by atoms with Crippen LogP contribution in [0.5, 0.6) is 0 Å². The molecule has 0 N–H and O–H groups in total. The number of carbonyl (C=O) groups excluding carboxylic acids is 2. The van der Waals surface area contributed by atoms with E-state index in [-0.39, 0.29) is 12.0 Å². The first-order chi connectivity index (χ1) is 10.8. The summed E-state index contributed by atoms with van der Waals surface area (Å²) >= 11 is 0. The first-order valence-corrected chi connectivity index (χ1v) is 8.03. The molecule has 0 aliphatic carbocycles. The second kappa shape index (κ2) is 6.98. The maximum absolute atomic E-state index is 12.5. The Morgan fingerprint density at radius 2 is 1.74 bits per heavy atom. The van der Waals surface area contributed by atoms with E-state index in [0.717, 1.165) is 12.1 Å². The lowest BCUT2D eigenvalue weighted by molar-refractivity contribution is 0.0140. The number of rotatable bonds is 2. The Morgan fingerprint density at radius 1 is 1.13 bits per heavy atom. The van der Waals surface area contributed by atoms with Crippen molar-refractivity contribution < 1.29 is 14.3 Å². The van der Waals surface area contributed by atoms with Gasteiger partial charge in [-0.1, -0.05) is 13.0 Å². The van der Waals surface area contributed by atoms with Crippen LogP contribution in [0, 0.1) is 0 Å². The van der Waals surface area contributed by atoms with Gasteiger partial charge in [0.15, 0.2) is 0 Å². The molecular formula is C17H25N3O3. The van der Waals surface area contributed by atoms with Crippen molar-refractivity contribution in [1.29, 1.82) is 0 Å². The van der Waals surface area contributed by atoms with Crippen LogP contribution in [0.25, 0.3) is 0 Å². The smallest absolute Gasteiger partial charge is 0.410 e. The molecular weight excluding hydrogens is 294 g/mol. The van der Waals surface area contributed by atoms with Crippen molar-refractivity contribution in [3.05, 3.63) is 29.6 Å². The minimum atomic E-state index is -0.505. The van der Waals surface area contributed by atoms with E-state index in [2.05, 4.69) is 4.98 Å². The van der Waals surface area contributed by atoms with Gasteiger partial charge in [0.2, 0.25) is 0 Å². The van der Waals surface area contributed by atoms with E-state index < -0.39 is 5.60 Å². The summed E-state index contributed by atoms with van der Waals surface area (Å²) in [4.78, 5) is 32.3. The number of hydrogen-bond acceptors (Lipinski definition) is 4. The van der Waals surface area contributed by atoms with Gasteiger partial charge in [0, 0.05) is 31.9 Å². The van der Waals surface area contributed by atoms with Crippen molar-refractivity contribution in [2.24, 2.45) is 0 Å². The van der Waals surface area contributed by atoms with E-state index >= 15 is 0 Å². The molecule has 23 heavy (non-hydrogen) atoms. The van der Waals surface area contributed by atoms with Gasteiger partial charge >= 0.3 is 6.09 Å². The number of aromatic nitrogens is 1. The highest BCUT2D eigenvalue weighted by Crippen LogP contribution is 2.13. The summed E-state index contributed by atoms with van der Waals surface area (Å²) in [6.45, 7) is 9.50. The summed E-state index contributed by atoms with van der Waals surface area (Å²) < 4.78 is 5.36. The predicted octanol–water partition coefficient (Wildman–Crippen LogP) is 2.34. The second-order valence-electron chi connectivity index (χ2n) is 6.63. The molecule has 1 aliphatic rings. The fourth-order valence-corrected chi connectivity index (χ4v) is 2.38. The van der Waals surface area contributed by atoms with Crippen molar-refractivity contribution in [3.8, 4) is 0 Å². The van der Waals surface area contributed by atoms with Crippen molar-refractivity contribution in [3.63, 3.8) is 0 Å². The number of aryl methyl sites for hydroxylation is 1. The SMILES string of the molecule is CCc1cccc(C(=O)N2CCN(C(=O)OC(C)(C)C)CC2)n1. The molecule has 1 saturated heterocycles. The first kappa shape index (κ1) is 17.2. The van der Waals surface area contributed by atoms with E-state index in [1.165, 1.54) is 0 Å². The Labute approximate surface area is 137 Å². The molecule has 1 aromatic rings. The number of amides is 2. The van der Waals surface area contributed by atoms with E-state index in [1.807, 2.05) is 39.8 Å². The topological polar surface area (TPSA) is 62.7 Å². The zero-order valence-corrected chi connectivity index (χ0v) is 14.3. The van der Waals surface area contributed by atoms with Crippen LogP contribution >= 0.6 is 0 Å². The van der Waals surface area contributed by atoms with Gasteiger partial charge in [0.1, 0.15) is 11.3 Å². The Hall–Kier alpha value is -2.11. The van der Waals surface area contributed by atoms with Gasteiger partial charge in [-0.05, 0) is 39.3 Å². The van der Waals surface area contributed by atoms with Crippen LogP contribution in [0.15, 0.2) is 18.2 Å². The third kappa shape index (κ3) is 4.68. The molecule has 0 aromatic carbocycles. The van der Waals surface area contributed by atoms with Crippen molar-refractivity contribution in [2.75, 3.05) is 26.2 Å². The molecule has 0 unspecified atom stereocenters. The summed E-state index contributed by atoms with van der Waals surface area (Å²) in [7, 11) is 0. The van der Waals surface area contributed by atoms with Crippen molar-refractivity contribution in [2.45, 2.75) is 39.7 Å². The van der Waals surface area contributed by atoms with Crippen molar-refractivity contribution in [1.82, 2.24) is 14.8 Å². The average Bonchev–Trinajstić information content (AvgIpc) is 2.53. The van der Waals surface area contributed by atoms with E-state index in [0.29, 0.717) is 31.9 Å². The Bertz CT molecular complexity index is 573. The zero-order chi connectivity index (χ0) is 17.0. The van der Waals surface area contributed by atoms with Crippen LogP contribution in [0.1, 0.15) is 43.9 Å². The standard InChI is InChI=1S/C17H25N3O3/c1-5-13-7-6-8-14(18-13)15(21)19-9-11-20(12-10-19)16(22)23-17(2,3)4/h6-8H,5,9-12H2,1-4H3. The summed E-state index contributed by atoms with van der Waals surface area (Å²) in [5, 5.41) is 0. The number of piperazine rings is 1.